The Morgan fingerprint density at radius 1 is 1.10 bits per heavy atom. The Bertz CT molecular complexity index is 112. The molecule has 1 saturated carbocycles. The number of carboxylic acid groups (broad SMARTS) is 1. The molecule has 51 valence electrons. The van der Waals surface area contributed by atoms with Crippen molar-refractivity contribution < 1.29 is 9.90 Å². The maximum atomic E-state index is 10.3. The lowest BCUT2D eigenvalue weighted by Gasteiger charge is -2.03. The van der Waals surface area contributed by atoms with Crippen LogP contribution in [0.3, 0.4) is 0 Å². The summed E-state index contributed by atoms with van der Waals surface area (Å²) in [6, 6.07) is 0. The molecule has 0 aromatic heterocycles. The summed E-state index contributed by atoms with van der Waals surface area (Å²) in [6.45, 7) is 0. The highest BCUT2D eigenvalue weighted by Crippen LogP contribution is 2.19. The van der Waals surface area contributed by atoms with Gasteiger partial charge in [0.15, 0.2) is 0 Å². The first-order valence-corrected chi connectivity index (χ1v) is 2.92. The van der Waals surface area contributed by atoms with Crippen molar-refractivity contribution in [2.24, 2.45) is 0 Å². The van der Waals surface area contributed by atoms with E-state index in [4.69, 9.17) is 5.11 Å². The van der Waals surface area contributed by atoms with Gasteiger partial charge >= 0.3 is 5.97 Å². The standard InChI is InChI=1S/C8H7O2/c9-8(10)7-5-3-1-2-4-6-7/h1-6H,(H,9,10). The monoisotopic (exact) mass is 135 g/mol. The SMILES string of the molecule is O=C(O)[C]1[CH][CH][CH][CH][CH][CH]1. The van der Waals surface area contributed by atoms with E-state index in [9.17, 15) is 4.79 Å². The van der Waals surface area contributed by atoms with E-state index in [1.165, 1.54) is 0 Å². The number of rotatable bonds is 1. The van der Waals surface area contributed by atoms with E-state index in [0.717, 1.165) is 0 Å². The van der Waals surface area contributed by atoms with Crippen LogP contribution in [-0.2, 0) is 4.79 Å². The minimum absolute atomic E-state index is 0.310. The lowest BCUT2D eigenvalue weighted by molar-refractivity contribution is -0.134. The molecule has 0 amide bonds. The molecule has 2 heteroatoms. The fraction of sp³-hybridized carbons (Fsp3) is 0. The first-order chi connectivity index (χ1) is 4.80. The lowest BCUT2D eigenvalue weighted by atomic mass is 10.0. The highest BCUT2D eigenvalue weighted by molar-refractivity contribution is 5.88. The molecule has 1 fully saturated rings. The molecule has 0 heterocycles. The molecule has 0 spiro atoms. The van der Waals surface area contributed by atoms with Crippen LogP contribution in [0.25, 0.3) is 0 Å². The molecule has 0 saturated heterocycles. The molecule has 0 unspecified atom stereocenters. The second kappa shape index (κ2) is 3.59. The van der Waals surface area contributed by atoms with Crippen molar-refractivity contribution in [1.82, 2.24) is 0 Å². The molecule has 0 bridgehead atoms. The van der Waals surface area contributed by atoms with Gasteiger partial charge in [0.1, 0.15) is 0 Å². The van der Waals surface area contributed by atoms with Crippen LogP contribution in [0.2, 0.25) is 0 Å². The zero-order valence-electron chi connectivity index (χ0n) is 5.32. The third kappa shape index (κ3) is 2.01. The zero-order valence-corrected chi connectivity index (χ0v) is 5.32. The molecule has 7 radical (unpaired) electrons. The van der Waals surface area contributed by atoms with Crippen LogP contribution in [0.5, 0.6) is 0 Å². The zero-order chi connectivity index (χ0) is 7.40. The second-order valence-corrected chi connectivity index (χ2v) is 1.86. The van der Waals surface area contributed by atoms with Gasteiger partial charge in [-0.25, -0.2) is 0 Å². The minimum Gasteiger partial charge on any atom is -0.481 e. The van der Waals surface area contributed by atoms with E-state index in [2.05, 4.69) is 0 Å². The van der Waals surface area contributed by atoms with Crippen molar-refractivity contribution in [2.45, 2.75) is 0 Å². The summed E-state index contributed by atoms with van der Waals surface area (Å²) in [5.74, 6) is -0.582. The summed E-state index contributed by atoms with van der Waals surface area (Å²) in [7, 11) is 0. The number of aliphatic carboxylic acids is 1. The summed E-state index contributed by atoms with van der Waals surface area (Å²) in [6.07, 6.45) is 10.1. The Hall–Kier alpha value is -0.530. The Morgan fingerprint density at radius 2 is 1.60 bits per heavy atom. The normalized spacial score (nSPS) is 22.0. The molecule has 10 heavy (non-hydrogen) atoms. The van der Waals surface area contributed by atoms with Crippen molar-refractivity contribution in [3.8, 4) is 0 Å². The van der Waals surface area contributed by atoms with E-state index in [1.807, 2.05) is 0 Å². The Kier molecular flexibility index (Phi) is 2.72. The number of carbonyl (C=O) groups is 1. The first kappa shape index (κ1) is 7.58. The van der Waals surface area contributed by atoms with Crippen LogP contribution in [0.4, 0.5) is 0 Å². The molecular formula is C8H7O2. The van der Waals surface area contributed by atoms with Gasteiger partial charge in [0, 0.05) is 0 Å². The number of hydrogen-bond acceptors (Lipinski definition) is 1. The van der Waals surface area contributed by atoms with E-state index in [1.54, 1.807) is 38.5 Å². The first-order valence-electron chi connectivity index (χ1n) is 2.92. The van der Waals surface area contributed by atoms with Crippen LogP contribution >= 0.6 is 0 Å². The molecule has 0 aromatic carbocycles. The minimum atomic E-state index is -0.892. The fourth-order valence-corrected chi connectivity index (χ4v) is 0.645. The second-order valence-electron chi connectivity index (χ2n) is 1.86. The molecule has 0 aliphatic heterocycles. The Morgan fingerprint density at radius 3 is 2.00 bits per heavy atom. The Balaban J connectivity index is 2.35. The summed E-state index contributed by atoms with van der Waals surface area (Å²) in [4.78, 5) is 10.3. The van der Waals surface area contributed by atoms with Crippen LogP contribution in [0, 0.1) is 44.4 Å². The van der Waals surface area contributed by atoms with Crippen molar-refractivity contribution >= 4 is 5.97 Å². The van der Waals surface area contributed by atoms with Crippen LogP contribution in [0.1, 0.15) is 0 Å². The molecular weight excluding hydrogens is 128 g/mol. The van der Waals surface area contributed by atoms with Gasteiger partial charge in [-0.2, -0.15) is 0 Å². The van der Waals surface area contributed by atoms with E-state index >= 15 is 0 Å². The molecule has 0 aromatic rings. The van der Waals surface area contributed by atoms with Gasteiger partial charge in [0.2, 0.25) is 0 Å². The molecule has 1 N–H and O–H groups in total. The number of carboxylic acids is 1. The summed E-state index contributed by atoms with van der Waals surface area (Å²) >= 11 is 0. The summed E-state index contributed by atoms with van der Waals surface area (Å²) in [5, 5.41) is 8.50. The van der Waals surface area contributed by atoms with Gasteiger partial charge in [-0.05, 0) is 38.5 Å². The number of hydrogen-bond donors (Lipinski definition) is 1. The maximum absolute atomic E-state index is 10.3. The van der Waals surface area contributed by atoms with Crippen LogP contribution in [-0.4, -0.2) is 11.1 Å². The van der Waals surface area contributed by atoms with Gasteiger partial charge < -0.3 is 5.11 Å². The molecule has 2 nitrogen and oxygen atoms in total. The van der Waals surface area contributed by atoms with E-state index in [0.29, 0.717) is 5.92 Å². The van der Waals surface area contributed by atoms with Gasteiger partial charge in [-0.15, -0.1) is 0 Å². The van der Waals surface area contributed by atoms with Crippen LogP contribution in [0.15, 0.2) is 0 Å². The van der Waals surface area contributed by atoms with Gasteiger partial charge in [-0.1, -0.05) is 0 Å². The summed E-state index contributed by atoms with van der Waals surface area (Å²) in [5.41, 5.74) is 0. The third-order valence-electron chi connectivity index (χ3n) is 1.13. The molecule has 0 atom stereocenters. The molecule has 1 aliphatic carbocycles. The average molecular weight is 135 g/mol. The van der Waals surface area contributed by atoms with Crippen molar-refractivity contribution in [3.05, 3.63) is 44.4 Å². The lowest BCUT2D eigenvalue weighted by Crippen LogP contribution is -2.11. The maximum Gasteiger partial charge on any atom is 0.311 e. The topological polar surface area (TPSA) is 37.3 Å². The average Bonchev–Trinajstić information content (AvgIpc) is 2.12. The van der Waals surface area contributed by atoms with Gasteiger partial charge in [0.05, 0.1) is 5.92 Å². The van der Waals surface area contributed by atoms with Crippen LogP contribution < -0.4 is 0 Å². The Labute approximate surface area is 61.2 Å². The fourth-order valence-electron chi connectivity index (χ4n) is 0.645. The van der Waals surface area contributed by atoms with E-state index < -0.39 is 5.97 Å². The van der Waals surface area contributed by atoms with Crippen molar-refractivity contribution in [2.75, 3.05) is 0 Å². The summed E-state index contributed by atoms with van der Waals surface area (Å²) < 4.78 is 0. The van der Waals surface area contributed by atoms with Crippen molar-refractivity contribution in [1.29, 1.82) is 0 Å². The third-order valence-corrected chi connectivity index (χ3v) is 1.13. The highest BCUT2D eigenvalue weighted by atomic mass is 16.4. The predicted molar refractivity (Wildman–Crippen MR) is 36.7 cm³/mol. The quantitative estimate of drug-likeness (QED) is 0.542. The van der Waals surface area contributed by atoms with Gasteiger partial charge in [0.25, 0.3) is 0 Å². The van der Waals surface area contributed by atoms with E-state index in [-0.39, 0.29) is 0 Å². The van der Waals surface area contributed by atoms with Crippen molar-refractivity contribution in [3.63, 3.8) is 0 Å². The largest absolute Gasteiger partial charge is 0.481 e. The molecule has 1 rings (SSSR count). The predicted octanol–water partition coefficient (Wildman–Crippen LogP) is 0.885. The smallest absolute Gasteiger partial charge is 0.311 e. The molecule has 1 aliphatic rings. The highest BCUT2D eigenvalue weighted by Gasteiger charge is 2.20. The van der Waals surface area contributed by atoms with Gasteiger partial charge in [-0.3, -0.25) is 4.79 Å².